The molecule has 0 N–H and O–H groups in total. The Hall–Kier alpha value is -1.18. The van der Waals surface area contributed by atoms with E-state index in [1.807, 2.05) is 31.2 Å². The summed E-state index contributed by atoms with van der Waals surface area (Å²) in [4.78, 5) is 11.3. The molecule has 14 heavy (non-hydrogen) atoms. The van der Waals surface area contributed by atoms with Crippen molar-refractivity contribution in [2.24, 2.45) is 0 Å². The minimum Gasteiger partial charge on any atom is -0.296 e. The Bertz CT molecular complexity index is 319. The minimum absolute atomic E-state index is 0.170. The van der Waals surface area contributed by atoms with Gasteiger partial charge in [0.05, 0.1) is 0 Å². The summed E-state index contributed by atoms with van der Waals surface area (Å²) in [6.07, 6.45) is 0.170. The summed E-state index contributed by atoms with van der Waals surface area (Å²) in [7, 11) is 0. The molecule has 1 aromatic carbocycles. The molecular formula is C12H15FO. The highest BCUT2D eigenvalue weighted by Crippen LogP contribution is 2.14. The van der Waals surface area contributed by atoms with Crippen LogP contribution in [0.5, 0.6) is 0 Å². The monoisotopic (exact) mass is 194 g/mol. The van der Waals surface area contributed by atoms with Gasteiger partial charge in [-0.2, -0.15) is 0 Å². The largest absolute Gasteiger partial charge is 0.296 e. The van der Waals surface area contributed by atoms with Crippen LogP contribution in [0.3, 0.4) is 0 Å². The van der Waals surface area contributed by atoms with Gasteiger partial charge >= 0.3 is 0 Å². The van der Waals surface area contributed by atoms with Gasteiger partial charge in [0.2, 0.25) is 0 Å². The van der Waals surface area contributed by atoms with Gasteiger partial charge in [0, 0.05) is 6.42 Å². The standard InChI is InChI=1S/C12H15FO/c1-9-4-6-10(7-5-9)8-11(14)12(2,3)13/h4-7H,8H2,1-3H3. The van der Waals surface area contributed by atoms with Crippen molar-refractivity contribution >= 4 is 5.78 Å². The van der Waals surface area contributed by atoms with Crippen molar-refractivity contribution in [1.82, 2.24) is 0 Å². The number of benzene rings is 1. The molecule has 0 bridgehead atoms. The number of carbonyl (C=O) groups is 1. The predicted octanol–water partition coefficient (Wildman–Crippen LogP) is 2.85. The Morgan fingerprint density at radius 3 is 2.21 bits per heavy atom. The van der Waals surface area contributed by atoms with Gasteiger partial charge in [-0.05, 0) is 26.3 Å². The molecule has 1 rings (SSSR count). The van der Waals surface area contributed by atoms with Crippen LogP contribution in [0, 0.1) is 6.92 Å². The fourth-order valence-corrected chi connectivity index (χ4v) is 1.10. The van der Waals surface area contributed by atoms with Crippen molar-refractivity contribution in [3.05, 3.63) is 35.4 Å². The fourth-order valence-electron chi connectivity index (χ4n) is 1.10. The van der Waals surface area contributed by atoms with Gasteiger partial charge in [0.1, 0.15) is 0 Å². The van der Waals surface area contributed by atoms with Crippen molar-refractivity contribution in [1.29, 1.82) is 0 Å². The Labute approximate surface area is 83.9 Å². The quantitative estimate of drug-likeness (QED) is 0.723. The minimum atomic E-state index is -1.73. The molecule has 0 unspecified atom stereocenters. The lowest BCUT2D eigenvalue weighted by Crippen LogP contribution is -2.27. The first-order chi connectivity index (χ1) is 6.39. The van der Waals surface area contributed by atoms with E-state index in [1.165, 1.54) is 13.8 Å². The maximum Gasteiger partial charge on any atom is 0.173 e. The van der Waals surface area contributed by atoms with E-state index in [-0.39, 0.29) is 12.2 Å². The van der Waals surface area contributed by atoms with E-state index >= 15 is 0 Å². The van der Waals surface area contributed by atoms with Crippen molar-refractivity contribution < 1.29 is 9.18 Å². The fraction of sp³-hybridized carbons (Fsp3) is 0.417. The first-order valence-corrected chi connectivity index (χ1v) is 4.67. The molecule has 1 nitrogen and oxygen atoms in total. The topological polar surface area (TPSA) is 17.1 Å². The number of hydrogen-bond donors (Lipinski definition) is 0. The van der Waals surface area contributed by atoms with Crippen LogP contribution in [0.4, 0.5) is 4.39 Å². The lowest BCUT2D eigenvalue weighted by Gasteiger charge is -2.12. The van der Waals surface area contributed by atoms with E-state index in [4.69, 9.17) is 0 Å². The molecule has 0 aliphatic rings. The van der Waals surface area contributed by atoms with Gasteiger partial charge in [0.25, 0.3) is 0 Å². The zero-order chi connectivity index (χ0) is 10.8. The number of aryl methyl sites for hydroxylation is 1. The Morgan fingerprint density at radius 1 is 1.29 bits per heavy atom. The highest BCUT2D eigenvalue weighted by Gasteiger charge is 2.25. The van der Waals surface area contributed by atoms with Crippen molar-refractivity contribution in [3.8, 4) is 0 Å². The summed E-state index contributed by atoms with van der Waals surface area (Å²) >= 11 is 0. The van der Waals surface area contributed by atoms with Crippen molar-refractivity contribution in [2.45, 2.75) is 32.9 Å². The van der Waals surface area contributed by atoms with Gasteiger partial charge < -0.3 is 0 Å². The van der Waals surface area contributed by atoms with E-state index in [1.54, 1.807) is 0 Å². The summed E-state index contributed by atoms with van der Waals surface area (Å²) in [5.74, 6) is -0.374. The molecule has 1 aromatic rings. The van der Waals surface area contributed by atoms with E-state index in [0.29, 0.717) is 0 Å². The van der Waals surface area contributed by atoms with Gasteiger partial charge in [-0.1, -0.05) is 29.8 Å². The van der Waals surface area contributed by atoms with Crippen LogP contribution in [0.25, 0.3) is 0 Å². The lowest BCUT2D eigenvalue weighted by atomic mass is 9.98. The number of halogens is 1. The highest BCUT2D eigenvalue weighted by molar-refractivity contribution is 5.88. The number of hydrogen-bond acceptors (Lipinski definition) is 1. The number of rotatable bonds is 3. The molecule has 0 spiro atoms. The lowest BCUT2D eigenvalue weighted by molar-refractivity contribution is -0.127. The molecule has 0 aliphatic heterocycles. The van der Waals surface area contributed by atoms with Gasteiger partial charge in [0.15, 0.2) is 11.5 Å². The predicted molar refractivity (Wildman–Crippen MR) is 55.1 cm³/mol. The summed E-state index contributed by atoms with van der Waals surface area (Å²) in [5.41, 5.74) is 0.275. The second-order valence-electron chi connectivity index (χ2n) is 4.06. The summed E-state index contributed by atoms with van der Waals surface area (Å²) in [5, 5.41) is 0. The van der Waals surface area contributed by atoms with Crippen molar-refractivity contribution in [2.75, 3.05) is 0 Å². The molecule has 0 aliphatic carbocycles. The highest BCUT2D eigenvalue weighted by atomic mass is 19.1. The van der Waals surface area contributed by atoms with Crippen LogP contribution in [-0.4, -0.2) is 11.5 Å². The Balaban J connectivity index is 2.71. The number of ketones is 1. The number of carbonyl (C=O) groups excluding carboxylic acids is 1. The van der Waals surface area contributed by atoms with E-state index in [2.05, 4.69) is 0 Å². The van der Waals surface area contributed by atoms with Gasteiger partial charge in [-0.3, -0.25) is 4.79 Å². The molecule has 0 amide bonds. The number of Topliss-reactive ketones (excluding diaryl/α,β-unsaturated/α-hetero) is 1. The molecule has 0 heterocycles. The zero-order valence-corrected chi connectivity index (χ0v) is 8.80. The number of alkyl halides is 1. The second kappa shape index (κ2) is 3.91. The molecule has 0 saturated heterocycles. The van der Waals surface area contributed by atoms with Crippen LogP contribution in [0.1, 0.15) is 25.0 Å². The summed E-state index contributed by atoms with van der Waals surface area (Å²) in [6.45, 7) is 4.57. The van der Waals surface area contributed by atoms with Crippen LogP contribution in [-0.2, 0) is 11.2 Å². The SMILES string of the molecule is Cc1ccc(CC(=O)C(C)(C)F)cc1. The molecule has 0 aromatic heterocycles. The average molecular weight is 194 g/mol. The third-order valence-electron chi connectivity index (χ3n) is 2.15. The Kier molecular flexibility index (Phi) is 3.04. The molecular weight excluding hydrogens is 179 g/mol. The van der Waals surface area contributed by atoms with Crippen molar-refractivity contribution in [3.63, 3.8) is 0 Å². The molecule has 2 heteroatoms. The third kappa shape index (κ3) is 2.95. The van der Waals surface area contributed by atoms with Crippen LogP contribution >= 0.6 is 0 Å². The molecule has 0 atom stereocenters. The zero-order valence-electron chi connectivity index (χ0n) is 8.80. The normalized spacial score (nSPS) is 11.4. The smallest absolute Gasteiger partial charge is 0.173 e. The van der Waals surface area contributed by atoms with Crippen LogP contribution in [0.15, 0.2) is 24.3 Å². The summed E-state index contributed by atoms with van der Waals surface area (Å²) < 4.78 is 13.2. The molecule has 0 saturated carbocycles. The summed E-state index contributed by atoms with van der Waals surface area (Å²) in [6, 6.07) is 7.57. The van der Waals surface area contributed by atoms with Gasteiger partial charge in [-0.25, -0.2) is 4.39 Å². The first kappa shape index (κ1) is 10.9. The molecule has 0 fully saturated rings. The maximum atomic E-state index is 13.2. The van der Waals surface area contributed by atoms with E-state index < -0.39 is 5.67 Å². The Morgan fingerprint density at radius 2 is 1.79 bits per heavy atom. The average Bonchev–Trinajstić information content (AvgIpc) is 2.07. The van der Waals surface area contributed by atoms with Gasteiger partial charge in [-0.15, -0.1) is 0 Å². The van der Waals surface area contributed by atoms with E-state index in [0.717, 1.165) is 11.1 Å². The van der Waals surface area contributed by atoms with Crippen LogP contribution in [0.2, 0.25) is 0 Å². The first-order valence-electron chi connectivity index (χ1n) is 4.67. The maximum absolute atomic E-state index is 13.2. The second-order valence-corrected chi connectivity index (χ2v) is 4.06. The molecule has 76 valence electrons. The molecule has 0 radical (unpaired) electrons. The third-order valence-corrected chi connectivity index (χ3v) is 2.15. The van der Waals surface area contributed by atoms with E-state index in [9.17, 15) is 9.18 Å². The van der Waals surface area contributed by atoms with Crippen LogP contribution < -0.4 is 0 Å².